The SMILES string of the molecule is CC(C)NCc1cn(CCC(C)(C)C#N)cn1. The normalized spacial score (nSPS) is 11.8. The number of rotatable bonds is 6. The third-order valence-electron chi connectivity index (χ3n) is 2.68. The molecule has 0 spiro atoms. The van der Waals surface area contributed by atoms with E-state index in [1.807, 2.05) is 26.4 Å². The number of hydrogen-bond acceptors (Lipinski definition) is 3. The van der Waals surface area contributed by atoms with Gasteiger partial charge in [0.25, 0.3) is 0 Å². The Balaban J connectivity index is 2.44. The molecular formula is C13H22N4. The van der Waals surface area contributed by atoms with E-state index >= 15 is 0 Å². The molecule has 0 aliphatic carbocycles. The molecule has 94 valence electrons. The van der Waals surface area contributed by atoms with Crippen LogP contribution in [0.25, 0.3) is 0 Å². The first-order valence-corrected chi connectivity index (χ1v) is 6.08. The van der Waals surface area contributed by atoms with Gasteiger partial charge in [0, 0.05) is 25.3 Å². The summed E-state index contributed by atoms with van der Waals surface area (Å²) in [6.45, 7) is 9.80. The Labute approximate surface area is 104 Å². The molecule has 0 saturated carbocycles. The molecule has 0 saturated heterocycles. The van der Waals surface area contributed by atoms with Crippen molar-refractivity contribution in [3.8, 4) is 6.07 Å². The van der Waals surface area contributed by atoms with Gasteiger partial charge in [-0.25, -0.2) is 4.98 Å². The van der Waals surface area contributed by atoms with Crippen LogP contribution in [-0.4, -0.2) is 15.6 Å². The summed E-state index contributed by atoms with van der Waals surface area (Å²) in [5.74, 6) is 0. The topological polar surface area (TPSA) is 53.6 Å². The molecule has 0 atom stereocenters. The van der Waals surface area contributed by atoms with Crippen LogP contribution in [0.4, 0.5) is 0 Å². The van der Waals surface area contributed by atoms with Crippen LogP contribution in [0.15, 0.2) is 12.5 Å². The van der Waals surface area contributed by atoms with E-state index in [0.717, 1.165) is 25.2 Å². The van der Waals surface area contributed by atoms with E-state index in [0.29, 0.717) is 6.04 Å². The van der Waals surface area contributed by atoms with Crippen molar-refractivity contribution in [1.82, 2.24) is 14.9 Å². The highest BCUT2D eigenvalue weighted by atomic mass is 15.0. The standard InChI is InChI=1S/C13H22N4/c1-11(2)15-7-12-8-17(10-16-12)6-5-13(3,4)9-14/h8,10-11,15H,5-7H2,1-4H3. The first kappa shape index (κ1) is 13.7. The van der Waals surface area contributed by atoms with E-state index in [9.17, 15) is 0 Å². The number of aromatic nitrogens is 2. The van der Waals surface area contributed by atoms with E-state index in [4.69, 9.17) is 5.26 Å². The van der Waals surface area contributed by atoms with Crippen molar-refractivity contribution in [1.29, 1.82) is 5.26 Å². The molecule has 1 rings (SSSR count). The zero-order valence-corrected chi connectivity index (χ0v) is 11.2. The first-order valence-electron chi connectivity index (χ1n) is 6.08. The molecule has 1 heterocycles. The van der Waals surface area contributed by atoms with Crippen LogP contribution in [0.3, 0.4) is 0 Å². The van der Waals surface area contributed by atoms with Gasteiger partial charge in [-0.3, -0.25) is 0 Å². The third kappa shape index (κ3) is 5.01. The highest BCUT2D eigenvalue weighted by Crippen LogP contribution is 2.19. The lowest BCUT2D eigenvalue weighted by Crippen LogP contribution is -2.21. The number of aryl methyl sites for hydroxylation is 1. The van der Waals surface area contributed by atoms with Gasteiger partial charge in [0.05, 0.1) is 23.5 Å². The predicted molar refractivity (Wildman–Crippen MR) is 68.2 cm³/mol. The van der Waals surface area contributed by atoms with Crippen molar-refractivity contribution in [2.75, 3.05) is 0 Å². The van der Waals surface area contributed by atoms with Gasteiger partial charge in [-0.1, -0.05) is 13.8 Å². The van der Waals surface area contributed by atoms with E-state index < -0.39 is 0 Å². The molecule has 0 fully saturated rings. The van der Waals surface area contributed by atoms with Gasteiger partial charge in [-0.2, -0.15) is 5.26 Å². The Kier molecular flexibility index (Phi) is 4.71. The first-order chi connectivity index (χ1) is 7.93. The lowest BCUT2D eigenvalue weighted by molar-refractivity contribution is 0.413. The molecule has 1 N–H and O–H groups in total. The minimum Gasteiger partial charge on any atom is -0.337 e. The van der Waals surface area contributed by atoms with Crippen LogP contribution in [0.2, 0.25) is 0 Å². The van der Waals surface area contributed by atoms with E-state index in [2.05, 4.69) is 34.8 Å². The monoisotopic (exact) mass is 234 g/mol. The predicted octanol–water partition coefficient (Wildman–Crippen LogP) is 2.32. The van der Waals surface area contributed by atoms with Crippen molar-refractivity contribution < 1.29 is 0 Å². The zero-order chi connectivity index (χ0) is 12.9. The second-order valence-corrected chi connectivity index (χ2v) is 5.38. The van der Waals surface area contributed by atoms with E-state index in [1.165, 1.54) is 0 Å². The maximum absolute atomic E-state index is 8.94. The number of hydrogen-bond donors (Lipinski definition) is 1. The van der Waals surface area contributed by atoms with E-state index in [-0.39, 0.29) is 5.41 Å². The Morgan fingerprint density at radius 3 is 2.82 bits per heavy atom. The minimum absolute atomic E-state index is 0.263. The Morgan fingerprint density at radius 2 is 2.24 bits per heavy atom. The van der Waals surface area contributed by atoms with Crippen molar-refractivity contribution in [2.45, 2.75) is 53.2 Å². The molecular weight excluding hydrogens is 212 g/mol. The average Bonchev–Trinajstić information content (AvgIpc) is 2.72. The fraction of sp³-hybridized carbons (Fsp3) is 0.692. The maximum atomic E-state index is 8.94. The third-order valence-corrected chi connectivity index (χ3v) is 2.68. The molecule has 0 bridgehead atoms. The van der Waals surface area contributed by atoms with Crippen molar-refractivity contribution in [2.24, 2.45) is 5.41 Å². The molecule has 4 nitrogen and oxygen atoms in total. The van der Waals surface area contributed by atoms with Crippen LogP contribution in [0.1, 0.15) is 39.8 Å². The smallest absolute Gasteiger partial charge is 0.0949 e. The van der Waals surface area contributed by atoms with Gasteiger partial charge in [0.2, 0.25) is 0 Å². The van der Waals surface area contributed by atoms with Crippen LogP contribution in [0, 0.1) is 16.7 Å². The Morgan fingerprint density at radius 1 is 1.53 bits per heavy atom. The van der Waals surface area contributed by atoms with Crippen LogP contribution >= 0.6 is 0 Å². The Hall–Kier alpha value is -1.34. The maximum Gasteiger partial charge on any atom is 0.0949 e. The summed E-state index contributed by atoms with van der Waals surface area (Å²) in [7, 11) is 0. The van der Waals surface area contributed by atoms with Crippen LogP contribution in [-0.2, 0) is 13.1 Å². The summed E-state index contributed by atoms with van der Waals surface area (Å²) >= 11 is 0. The summed E-state index contributed by atoms with van der Waals surface area (Å²) in [6, 6.07) is 2.78. The Bertz CT molecular complexity index is 384. The van der Waals surface area contributed by atoms with Gasteiger partial charge in [0.15, 0.2) is 0 Å². The van der Waals surface area contributed by atoms with Crippen molar-refractivity contribution >= 4 is 0 Å². The van der Waals surface area contributed by atoms with Crippen molar-refractivity contribution in [3.63, 3.8) is 0 Å². The van der Waals surface area contributed by atoms with Gasteiger partial charge < -0.3 is 9.88 Å². The largest absolute Gasteiger partial charge is 0.337 e. The number of nitrogens with one attached hydrogen (secondary N) is 1. The van der Waals surface area contributed by atoms with Crippen LogP contribution < -0.4 is 5.32 Å². The van der Waals surface area contributed by atoms with E-state index in [1.54, 1.807) is 0 Å². The quantitative estimate of drug-likeness (QED) is 0.822. The fourth-order valence-electron chi connectivity index (χ4n) is 1.39. The van der Waals surface area contributed by atoms with Crippen LogP contribution in [0.5, 0.6) is 0 Å². The number of nitriles is 1. The fourth-order valence-corrected chi connectivity index (χ4v) is 1.39. The minimum atomic E-state index is -0.263. The summed E-state index contributed by atoms with van der Waals surface area (Å²) in [4.78, 5) is 4.33. The second kappa shape index (κ2) is 5.83. The average molecular weight is 234 g/mol. The molecule has 17 heavy (non-hydrogen) atoms. The van der Waals surface area contributed by atoms with Crippen molar-refractivity contribution in [3.05, 3.63) is 18.2 Å². The molecule has 1 aromatic rings. The number of imidazole rings is 1. The molecule has 0 amide bonds. The summed E-state index contributed by atoms with van der Waals surface area (Å²) < 4.78 is 2.05. The molecule has 0 unspecified atom stereocenters. The molecule has 4 heteroatoms. The highest BCUT2D eigenvalue weighted by molar-refractivity contribution is 4.97. The summed E-state index contributed by atoms with van der Waals surface area (Å²) in [5.41, 5.74) is 0.786. The summed E-state index contributed by atoms with van der Waals surface area (Å²) in [6.07, 6.45) is 4.73. The lowest BCUT2D eigenvalue weighted by atomic mass is 9.91. The van der Waals surface area contributed by atoms with Gasteiger partial charge in [-0.15, -0.1) is 0 Å². The molecule has 0 aliphatic heterocycles. The number of nitrogens with zero attached hydrogens (tertiary/aromatic N) is 3. The highest BCUT2D eigenvalue weighted by Gasteiger charge is 2.16. The second-order valence-electron chi connectivity index (χ2n) is 5.38. The molecule has 0 aliphatic rings. The lowest BCUT2D eigenvalue weighted by Gasteiger charge is -2.14. The molecule has 0 aromatic carbocycles. The summed E-state index contributed by atoms with van der Waals surface area (Å²) in [5, 5.41) is 12.3. The molecule has 0 radical (unpaired) electrons. The van der Waals surface area contributed by atoms with Gasteiger partial charge in [0.1, 0.15) is 0 Å². The zero-order valence-electron chi connectivity index (χ0n) is 11.2. The van der Waals surface area contributed by atoms with Gasteiger partial charge >= 0.3 is 0 Å². The van der Waals surface area contributed by atoms with Gasteiger partial charge in [-0.05, 0) is 20.3 Å². The molecule has 1 aromatic heterocycles.